The average molecular weight is 242 g/mol. The predicted octanol–water partition coefficient (Wildman–Crippen LogP) is 1.24. The van der Waals surface area contributed by atoms with E-state index in [1.165, 1.54) is 6.42 Å². The maximum absolute atomic E-state index is 12.0. The molecular formula is C13H26N2O2. The second-order valence-electron chi connectivity index (χ2n) is 5.42. The number of carbonyl (C=O) groups is 1. The minimum Gasteiger partial charge on any atom is -0.380 e. The Morgan fingerprint density at radius 3 is 2.76 bits per heavy atom. The number of likely N-dealkylation sites (tertiary alicyclic amines) is 1. The van der Waals surface area contributed by atoms with Crippen LogP contribution in [0.2, 0.25) is 0 Å². The van der Waals surface area contributed by atoms with Crippen LogP contribution in [0.4, 0.5) is 0 Å². The molecule has 2 unspecified atom stereocenters. The van der Waals surface area contributed by atoms with E-state index < -0.39 is 0 Å². The quantitative estimate of drug-likeness (QED) is 0.762. The molecule has 0 bridgehead atoms. The van der Waals surface area contributed by atoms with Crippen LogP contribution in [-0.2, 0) is 9.53 Å². The van der Waals surface area contributed by atoms with Gasteiger partial charge in [-0.05, 0) is 24.7 Å². The van der Waals surface area contributed by atoms with Crippen molar-refractivity contribution in [2.24, 2.45) is 17.6 Å². The van der Waals surface area contributed by atoms with Gasteiger partial charge in [0.2, 0.25) is 5.91 Å². The smallest absolute Gasteiger partial charge is 0.225 e. The zero-order chi connectivity index (χ0) is 12.8. The van der Waals surface area contributed by atoms with Gasteiger partial charge in [0.15, 0.2) is 0 Å². The molecule has 1 amide bonds. The molecule has 0 radical (unpaired) electrons. The average Bonchev–Trinajstić information content (AvgIpc) is 2.73. The second-order valence-corrected chi connectivity index (χ2v) is 5.42. The molecule has 1 rings (SSSR count). The highest BCUT2D eigenvalue weighted by molar-refractivity contribution is 5.77. The Balaban J connectivity index is 2.34. The normalized spacial score (nSPS) is 22.2. The topological polar surface area (TPSA) is 55.6 Å². The summed E-state index contributed by atoms with van der Waals surface area (Å²) in [6.07, 6.45) is 2.65. The summed E-state index contributed by atoms with van der Waals surface area (Å²) in [5.74, 6) is 1.58. The fourth-order valence-corrected chi connectivity index (χ4v) is 2.50. The number of methoxy groups -OCH3 is 1. The van der Waals surface area contributed by atoms with Crippen molar-refractivity contribution in [2.45, 2.75) is 39.2 Å². The summed E-state index contributed by atoms with van der Waals surface area (Å²) in [4.78, 5) is 14.0. The van der Waals surface area contributed by atoms with Gasteiger partial charge in [0.05, 0.1) is 12.5 Å². The van der Waals surface area contributed by atoms with Crippen molar-refractivity contribution in [3.05, 3.63) is 0 Å². The van der Waals surface area contributed by atoms with E-state index in [0.717, 1.165) is 19.5 Å². The summed E-state index contributed by atoms with van der Waals surface area (Å²) in [7, 11) is 1.61. The van der Waals surface area contributed by atoms with E-state index in [2.05, 4.69) is 13.8 Å². The molecule has 1 saturated heterocycles. The summed E-state index contributed by atoms with van der Waals surface area (Å²) < 4.78 is 5.15. The first-order valence-corrected chi connectivity index (χ1v) is 6.57. The molecule has 17 heavy (non-hydrogen) atoms. The van der Waals surface area contributed by atoms with Crippen molar-refractivity contribution in [1.29, 1.82) is 0 Å². The molecule has 1 fully saturated rings. The first-order valence-electron chi connectivity index (χ1n) is 6.57. The third-order valence-electron chi connectivity index (χ3n) is 3.44. The summed E-state index contributed by atoms with van der Waals surface area (Å²) in [5, 5.41) is 0. The monoisotopic (exact) mass is 242 g/mol. The lowest BCUT2D eigenvalue weighted by atomic mass is 9.97. The van der Waals surface area contributed by atoms with Gasteiger partial charge in [-0.1, -0.05) is 13.8 Å². The maximum Gasteiger partial charge on any atom is 0.225 e. The first-order chi connectivity index (χ1) is 8.06. The van der Waals surface area contributed by atoms with E-state index in [1.54, 1.807) is 7.11 Å². The number of rotatable bonds is 6. The third kappa shape index (κ3) is 4.64. The van der Waals surface area contributed by atoms with Gasteiger partial charge in [0.1, 0.15) is 0 Å². The molecule has 0 saturated carbocycles. The Morgan fingerprint density at radius 1 is 1.53 bits per heavy atom. The molecule has 0 aromatic rings. The van der Waals surface area contributed by atoms with Gasteiger partial charge in [0, 0.05) is 26.7 Å². The van der Waals surface area contributed by atoms with Crippen LogP contribution in [0.1, 0.15) is 33.1 Å². The fourth-order valence-electron chi connectivity index (χ4n) is 2.50. The molecule has 0 aromatic heterocycles. The summed E-state index contributed by atoms with van der Waals surface area (Å²) in [6.45, 7) is 6.69. The molecule has 1 aliphatic heterocycles. The highest BCUT2D eigenvalue weighted by atomic mass is 16.5. The lowest BCUT2D eigenvalue weighted by molar-refractivity contribution is -0.132. The fraction of sp³-hybridized carbons (Fsp3) is 0.923. The molecule has 0 aromatic carbocycles. The van der Waals surface area contributed by atoms with Crippen LogP contribution in [0.5, 0.6) is 0 Å². The molecule has 2 atom stereocenters. The summed E-state index contributed by atoms with van der Waals surface area (Å²) >= 11 is 0. The Hall–Kier alpha value is -0.610. The van der Waals surface area contributed by atoms with Gasteiger partial charge in [-0.2, -0.15) is 0 Å². The van der Waals surface area contributed by atoms with Gasteiger partial charge in [-0.25, -0.2) is 0 Å². The van der Waals surface area contributed by atoms with Crippen molar-refractivity contribution in [3.63, 3.8) is 0 Å². The molecule has 4 heteroatoms. The molecule has 0 aliphatic carbocycles. The number of hydrogen-bond donors (Lipinski definition) is 1. The second kappa shape index (κ2) is 6.97. The number of nitrogens with zero attached hydrogens (tertiary/aromatic N) is 1. The van der Waals surface area contributed by atoms with Crippen molar-refractivity contribution >= 4 is 5.91 Å². The van der Waals surface area contributed by atoms with E-state index in [1.807, 2.05) is 4.90 Å². The molecular weight excluding hydrogens is 216 g/mol. The summed E-state index contributed by atoms with van der Waals surface area (Å²) in [6, 6.07) is 0. The van der Waals surface area contributed by atoms with Crippen LogP contribution < -0.4 is 5.73 Å². The van der Waals surface area contributed by atoms with Crippen LogP contribution in [0.25, 0.3) is 0 Å². The summed E-state index contributed by atoms with van der Waals surface area (Å²) in [5.41, 5.74) is 5.53. The van der Waals surface area contributed by atoms with Crippen molar-refractivity contribution in [3.8, 4) is 0 Å². The van der Waals surface area contributed by atoms with Crippen LogP contribution in [0.15, 0.2) is 0 Å². The van der Waals surface area contributed by atoms with Gasteiger partial charge in [-0.3, -0.25) is 4.79 Å². The lowest BCUT2D eigenvalue weighted by Gasteiger charge is -2.20. The number of amides is 1. The zero-order valence-electron chi connectivity index (χ0n) is 11.3. The first kappa shape index (κ1) is 14.5. The molecule has 4 nitrogen and oxygen atoms in total. The number of nitrogens with two attached hydrogens (primary N) is 1. The molecule has 2 N–H and O–H groups in total. The molecule has 1 aliphatic rings. The van der Waals surface area contributed by atoms with E-state index in [9.17, 15) is 4.79 Å². The van der Waals surface area contributed by atoms with Crippen LogP contribution in [0, 0.1) is 11.8 Å². The minimum atomic E-state index is -0.133. The van der Waals surface area contributed by atoms with E-state index >= 15 is 0 Å². The highest BCUT2D eigenvalue weighted by Gasteiger charge is 2.27. The third-order valence-corrected chi connectivity index (χ3v) is 3.44. The predicted molar refractivity (Wildman–Crippen MR) is 68.6 cm³/mol. The Labute approximate surface area is 104 Å². The number of carbonyl (C=O) groups excluding carboxylic acids is 1. The molecule has 100 valence electrons. The lowest BCUT2D eigenvalue weighted by Crippen LogP contribution is -2.34. The van der Waals surface area contributed by atoms with Crippen LogP contribution >= 0.6 is 0 Å². The van der Waals surface area contributed by atoms with E-state index in [-0.39, 0.29) is 12.0 Å². The Bertz CT molecular complexity index is 240. The largest absolute Gasteiger partial charge is 0.380 e. The minimum absolute atomic E-state index is 0.133. The van der Waals surface area contributed by atoms with E-state index in [4.69, 9.17) is 10.5 Å². The van der Waals surface area contributed by atoms with Gasteiger partial charge < -0.3 is 15.4 Å². The van der Waals surface area contributed by atoms with Gasteiger partial charge in [0.25, 0.3) is 0 Å². The SMILES string of the molecule is COC(CN)CC(=O)N1CCC(CC(C)C)C1. The van der Waals surface area contributed by atoms with Crippen LogP contribution in [0.3, 0.4) is 0 Å². The zero-order valence-corrected chi connectivity index (χ0v) is 11.3. The number of hydrogen-bond acceptors (Lipinski definition) is 3. The molecule has 0 spiro atoms. The maximum atomic E-state index is 12.0. The van der Waals surface area contributed by atoms with Crippen molar-refractivity contribution < 1.29 is 9.53 Å². The Kier molecular flexibility index (Phi) is 5.92. The van der Waals surface area contributed by atoms with E-state index in [0.29, 0.717) is 24.8 Å². The van der Waals surface area contributed by atoms with Crippen molar-refractivity contribution in [1.82, 2.24) is 4.90 Å². The van der Waals surface area contributed by atoms with Crippen molar-refractivity contribution in [2.75, 3.05) is 26.7 Å². The number of ether oxygens (including phenoxy) is 1. The van der Waals surface area contributed by atoms with Crippen LogP contribution in [-0.4, -0.2) is 43.7 Å². The van der Waals surface area contributed by atoms with Gasteiger partial charge >= 0.3 is 0 Å². The molecule has 1 heterocycles. The standard InChI is InChI=1S/C13H26N2O2/c1-10(2)6-11-4-5-15(9-11)13(16)7-12(8-14)17-3/h10-12H,4-9,14H2,1-3H3. The highest BCUT2D eigenvalue weighted by Crippen LogP contribution is 2.23. The van der Waals surface area contributed by atoms with Gasteiger partial charge in [-0.15, -0.1) is 0 Å². The Morgan fingerprint density at radius 2 is 2.24 bits per heavy atom.